The van der Waals surface area contributed by atoms with E-state index in [0.717, 1.165) is 0 Å². The van der Waals surface area contributed by atoms with Gasteiger partial charge in [0.05, 0.1) is 41.9 Å². The predicted octanol–water partition coefficient (Wildman–Crippen LogP) is 2.15. The summed E-state index contributed by atoms with van der Waals surface area (Å²) in [5.74, 6) is -0.203. The van der Waals surface area contributed by atoms with E-state index >= 15 is 0 Å². The van der Waals surface area contributed by atoms with Crippen molar-refractivity contribution in [1.82, 2.24) is 24.8 Å². The van der Waals surface area contributed by atoms with Crippen LogP contribution in [0.3, 0.4) is 0 Å². The topological polar surface area (TPSA) is 121 Å². The molecule has 3 aromatic rings. The molecule has 0 amide bonds. The summed E-state index contributed by atoms with van der Waals surface area (Å²) in [6.07, 6.45) is 2.65. The molecule has 0 unspecified atom stereocenters. The lowest BCUT2D eigenvalue weighted by molar-refractivity contribution is 0.215. The van der Waals surface area contributed by atoms with Crippen LogP contribution in [0.15, 0.2) is 29.5 Å². The van der Waals surface area contributed by atoms with E-state index in [9.17, 15) is 9.65 Å². The number of fused-ring (bicyclic) bond motifs is 7. The second kappa shape index (κ2) is 7.03. The van der Waals surface area contributed by atoms with E-state index in [1.807, 2.05) is 5.01 Å². The number of nitrogen functional groups attached to an aromatic ring is 1. The highest BCUT2D eigenvalue weighted by atomic mass is 19.1. The van der Waals surface area contributed by atoms with Crippen LogP contribution in [0.5, 0.6) is 5.88 Å². The molecule has 2 N–H and O–H groups in total. The van der Waals surface area contributed by atoms with Gasteiger partial charge in [0.1, 0.15) is 23.7 Å². The van der Waals surface area contributed by atoms with Crippen molar-refractivity contribution < 1.29 is 9.13 Å². The van der Waals surface area contributed by atoms with Crippen LogP contribution in [0, 0.1) is 17.1 Å². The normalized spacial score (nSPS) is 17.6. The Morgan fingerprint density at radius 2 is 2.19 bits per heavy atom. The SMILES string of the molecule is C[C@H]1Oc2nc(cnc2N)-c2c(nn(C)c2C#N)CN2CC=NN2c2ccc(F)cc21. The van der Waals surface area contributed by atoms with E-state index < -0.39 is 11.9 Å². The van der Waals surface area contributed by atoms with E-state index in [2.05, 4.69) is 26.2 Å². The number of hydrogen-bond acceptors (Lipinski definition) is 9. The smallest absolute Gasteiger partial charge is 0.258 e. The minimum atomic E-state index is -0.599. The number of anilines is 2. The summed E-state index contributed by atoms with van der Waals surface area (Å²) < 4.78 is 21.6. The molecule has 0 spiro atoms. The van der Waals surface area contributed by atoms with Crippen molar-refractivity contribution in [2.45, 2.75) is 19.6 Å². The Hall–Kier alpha value is -4.04. The largest absolute Gasteiger partial charge is 0.467 e. The van der Waals surface area contributed by atoms with Crippen molar-refractivity contribution in [2.75, 3.05) is 17.4 Å². The molecule has 2 aliphatic heterocycles. The summed E-state index contributed by atoms with van der Waals surface area (Å²) >= 11 is 0. The molecule has 0 saturated carbocycles. The van der Waals surface area contributed by atoms with Gasteiger partial charge in [0.2, 0.25) is 0 Å². The Morgan fingerprint density at radius 1 is 1.35 bits per heavy atom. The van der Waals surface area contributed by atoms with E-state index in [1.54, 1.807) is 31.4 Å². The van der Waals surface area contributed by atoms with Gasteiger partial charge in [0, 0.05) is 18.8 Å². The molecule has 0 fully saturated rings. The van der Waals surface area contributed by atoms with Crippen molar-refractivity contribution in [3.8, 4) is 23.2 Å². The van der Waals surface area contributed by atoms with Gasteiger partial charge in [-0.2, -0.15) is 25.6 Å². The lowest BCUT2D eigenvalue weighted by Crippen LogP contribution is -2.36. The molecule has 156 valence electrons. The number of hydrogen-bond donors (Lipinski definition) is 1. The molecular formula is C20H18FN9O. The standard InChI is InChI=1S/C20H18FN9O/c1-11-13-7-12(21)3-4-16(13)30-25-5-6-29(30)10-15-18(17(8-22)28(2)27-15)14-9-24-19(23)20(26-14)31-11/h3-5,7,9,11H,6,10H2,1-2H3,(H2,23,24)/t11-/m1/s1. The monoisotopic (exact) mass is 419 g/mol. The summed E-state index contributed by atoms with van der Waals surface area (Å²) in [5.41, 5.74) is 9.19. The number of hydrazine groups is 1. The van der Waals surface area contributed by atoms with E-state index in [-0.39, 0.29) is 11.7 Å². The molecule has 2 bridgehead atoms. The van der Waals surface area contributed by atoms with Gasteiger partial charge in [-0.25, -0.2) is 14.4 Å². The molecule has 10 nitrogen and oxygen atoms in total. The summed E-state index contributed by atoms with van der Waals surface area (Å²) in [5, 5.41) is 22.4. The zero-order valence-corrected chi connectivity index (χ0v) is 16.8. The molecule has 1 atom stereocenters. The maximum Gasteiger partial charge on any atom is 0.258 e. The second-order valence-corrected chi connectivity index (χ2v) is 7.25. The first-order valence-electron chi connectivity index (χ1n) is 9.58. The molecular weight excluding hydrogens is 401 g/mol. The van der Waals surface area contributed by atoms with Crippen LogP contribution in [0.4, 0.5) is 15.9 Å². The van der Waals surface area contributed by atoms with Gasteiger partial charge in [-0.15, -0.1) is 0 Å². The fourth-order valence-corrected chi connectivity index (χ4v) is 3.82. The molecule has 0 radical (unpaired) electrons. The van der Waals surface area contributed by atoms with Gasteiger partial charge in [-0.05, 0) is 25.1 Å². The summed E-state index contributed by atoms with van der Waals surface area (Å²) in [6, 6.07) is 6.62. The average Bonchev–Trinajstić information content (AvgIpc) is 3.32. The lowest BCUT2D eigenvalue weighted by atomic mass is 10.1. The first kappa shape index (κ1) is 19.0. The highest BCUT2D eigenvalue weighted by molar-refractivity contribution is 5.71. The first-order valence-corrected chi connectivity index (χ1v) is 9.58. The van der Waals surface area contributed by atoms with Crippen LogP contribution in [0.1, 0.15) is 30.0 Å². The van der Waals surface area contributed by atoms with Gasteiger partial charge in [-0.3, -0.25) is 4.68 Å². The summed E-state index contributed by atoms with van der Waals surface area (Å²) in [4.78, 5) is 8.74. The molecule has 5 rings (SSSR count). The van der Waals surface area contributed by atoms with Crippen molar-refractivity contribution in [3.05, 3.63) is 47.2 Å². The number of benzene rings is 1. The van der Waals surface area contributed by atoms with E-state index in [4.69, 9.17) is 10.5 Å². The fourth-order valence-electron chi connectivity index (χ4n) is 3.82. The van der Waals surface area contributed by atoms with Crippen LogP contribution >= 0.6 is 0 Å². The zero-order chi connectivity index (χ0) is 21.7. The predicted molar refractivity (Wildman–Crippen MR) is 110 cm³/mol. The molecule has 1 aromatic carbocycles. The second-order valence-electron chi connectivity index (χ2n) is 7.25. The molecule has 2 aliphatic rings. The van der Waals surface area contributed by atoms with Gasteiger partial charge in [0.25, 0.3) is 5.88 Å². The molecule has 2 aromatic heterocycles. The maximum absolute atomic E-state index is 14.1. The van der Waals surface area contributed by atoms with E-state index in [1.165, 1.54) is 23.0 Å². The van der Waals surface area contributed by atoms with Gasteiger partial charge in [-0.1, -0.05) is 0 Å². The Morgan fingerprint density at radius 3 is 3.00 bits per heavy atom. The highest BCUT2D eigenvalue weighted by Gasteiger charge is 2.30. The summed E-state index contributed by atoms with van der Waals surface area (Å²) in [7, 11) is 1.70. The third-order valence-electron chi connectivity index (χ3n) is 5.26. The Balaban J connectivity index is 1.76. The number of rotatable bonds is 0. The zero-order valence-electron chi connectivity index (χ0n) is 16.8. The first-order chi connectivity index (χ1) is 15.0. The van der Waals surface area contributed by atoms with Crippen LogP contribution in [0.2, 0.25) is 0 Å². The Bertz CT molecular complexity index is 1260. The number of hydrazone groups is 1. The number of nitrogens with zero attached hydrogens (tertiary/aromatic N) is 8. The highest BCUT2D eigenvalue weighted by Crippen LogP contribution is 2.36. The number of aryl methyl sites for hydroxylation is 1. The van der Waals surface area contributed by atoms with Crippen LogP contribution in [-0.4, -0.2) is 37.5 Å². The Kier molecular flexibility index (Phi) is 4.30. The molecule has 0 aliphatic carbocycles. The van der Waals surface area contributed by atoms with Crippen molar-refractivity contribution >= 4 is 17.7 Å². The summed E-state index contributed by atoms with van der Waals surface area (Å²) in [6.45, 7) is 2.64. The molecule has 31 heavy (non-hydrogen) atoms. The van der Waals surface area contributed by atoms with Gasteiger partial charge >= 0.3 is 0 Å². The minimum absolute atomic E-state index is 0.0929. The fraction of sp³-hybridized carbons (Fsp3) is 0.250. The van der Waals surface area contributed by atoms with Crippen LogP contribution < -0.4 is 15.6 Å². The number of aromatic nitrogens is 4. The minimum Gasteiger partial charge on any atom is -0.467 e. The van der Waals surface area contributed by atoms with Gasteiger partial charge in [0.15, 0.2) is 5.82 Å². The molecule has 0 saturated heterocycles. The van der Waals surface area contributed by atoms with E-state index in [0.29, 0.717) is 47.0 Å². The number of nitrogens with two attached hydrogens (primary N) is 1. The van der Waals surface area contributed by atoms with Crippen molar-refractivity contribution in [3.63, 3.8) is 0 Å². The molecule has 11 heteroatoms. The molecule has 4 heterocycles. The van der Waals surface area contributed by atoms with Crippen molar-refractivity contribution in [1.29, 1.82) is 5.26 Å². The third kappa shape index (κ3) is 3.04. The number of nitriles is 1. The average molecular weight is 419 g/mol. The quantitative estimate of drug-likeness (QED) is 0.588. The number of ether oxygens (including phenoxy) is 1. The van der Waals surface area contributed by atoms with Gasteiger partial charge < -0.3 is 10.5 Å². The maximum atomic E-state index is 14.1. The van der Waals surface area contributed by atoms with Crippen molar-refractivity contribution in [2.24, 2.45) is 12.1 Å². The third-order valence-corrected chi connectivity index (χ3v) is 5.26. The number of halogens is 1. The lowest BCUT2D eigenvalue weighted by Gasteiger charge is -2.30. The Labute approximate surface area is 177 Å². The van der Waals surface area contributed by atoms with Crippen LogP contribution in [0.25, 0.3) is 11.3 Å². The van der Waals surface area contributed by atoms with Crippen LogP contribution in [-0.2, 0) is 13.6 Å².